The molecule has 3 saturated heterocycles. The molecule has 0 aromatic heterocycles. The van der Waals surface area contributed by atoms with E-state index in [0.29, 0.717) is 13.0 Å². The van der Waals surface area contributed by atoms with Crippen LogP contribution >= 0.6 is 11.6 Å². The van der Waals surface area contributed by atoms with Crippen LogP contribution < -0.4 is 73.9 Å². The Hall–Kier alpha value is -9.65. The topological polar surface area (TPSA) is 587 Å². The van der Waals surface area contributed by atoms with Gasteiger partial charge in [0.05, 0.1) is 54.1 Å². The number of likely N-dealkylation sites (N-methyl/N-ethyl adjacent to an activating group) is 1. The highest BCUT2D eigenvalue weighted by Crippen LogP contribution is 2.52. The molecule has 660 valence electrons. The average Bonchev–Trinajstić information content (AvgIpc) is 1.74. The molecule has 7 amide bonds. The first-order chi connectivity index (χ1) is 57.3. The maximum atomic E-state index is 16.8. The van der Waals surface area contributed by atoms with Gasteiger partial charge in [-0.05, 0) is 131 Å². The zero-order valence-corrected chi connectivity index (χ0v) is 68.9. The number of unbranched alkanes of at least 4 members (excludes halogenated alkanes) is 6. The lowest BCUT2D eigenvalue weighted by atomic mass is 9.86. The molecular weight excluding hydrogens is 1600 g/mol. The van der Waals surface area contributed by atoms with Crippen molar-refractivity contribution >= 4 is 58.9 Å². The largest absolute Gasteiger partial charge is 0.507 e. The molecule has 0 saturated carbocycles. The molecule has 3 fully saturated rings. The van der Waals surface area contributed by atoms with Crippen molar-refractivity contribution in [3.8, 4) is 57.1 Å². The lowest BCUT2D eigenvalue weighted by molar-refractivity contribution is -0.333. The standard InChI is InChI=1S/C83H110ClN11O26/c1-9-10-11-12-13-14-15-25-89-34-45-50(98)30-44-59(66(45)101)58-43(17-16-18-49(58)97)61-77(109)95-64(79(111)93-62(44)80(112)113)69(119-56-32-82(6,86)72(104)37(4)114-56)39-19-22-42(23-20-39)116-52-28-41-29-53(70(52)121-81-71(68(103)67(102)54(35-96)118-81)120-57-33-83(7,87)73(105)38(5)115-57)117-51-24-21-40(27-46(51)84)65(100)63(94-74(106)47(88-8)26-36(2)3)78(110)90-48(31-55(85)99)75(107)91-60(41)76(108)92-61/h16-24,27-30,36-38,47-48,54,56-57,60-65,67-69,71-73,81,88-89,96-98,100-105H,9-15,25-26,31-35,86-87H2,1-8H3,(H2,85,99)(H,90,110)(H,91,107)(H,92,108)(H,93,111)(H,94,106)(H,95,109)(H,112,113). The van der Waals surface area contributed by atoms with Gasteiger partial charge in [-0.15, -0.1) is 0 Å². The van der Waals surface area contributed by atoms with Gasteiger partial charge in [0.1, 0.15) is 89.5 Å². The lowest BCUT2D eigenvalue weighted by Gasteiger charge is -2.47. The number of benzene rings is 5. The molecule has 0 spiro atoms. The number of phenols is 3. The molecule has 37 nitrogen and oxygen atoms in total. The number of amides is 7. The number of carboxylic acids is 1. The van der Waals surface area contributed by atoms with Crippen molar-refractivity contribution < 1.29 is 127 Å². The SMILES string of the molecule is CCCCCCCCCNCc1c(O)cc2c(c1O)-c1c(O)cccc1C1NC(=O)C3NC(=O)C(CC(N)=O)NC(=O)C(NC(=O)C(CC(C)C)NC)C(O)c4ccc(c(Cl)c4)Oc4cc3cc(c4OC3OC(CO)C(O)C(O)C3OC3CC(C)(N)C(O)C(C)O3)Oc3ccc(cc3)C(OC3CC(C)(N)C(O)C(C)O3)C(NC1=O)C(=O)NC2C(=O)O. The maximum absolute atomic E-state index is 16.8. The smallest absolute Gasteiger partial charge is 0.330 e. The first kappa shape index (κ1) is 92.1. The van der Waals surface area contributed by atoms with Crippen molar-refractivity contribution in [2.75, 3.05) is 20.2 Å². The summed E-state index contributed by atoms with van der Waals surface area (Å²) in [7, 11) is 1.48. The van der Waals surface area contributed by atoms with Crippen molar-refractivity contribution in [3.63, 3.8) is 0 Å². The van der Waals surface area contributed by atoms with Gasteiger partial charge >= 0.3 is 5.97 Å². The van der Waals surface area contributed by atoms with E-state index in [2.05, 4.69) is 49.5 Å². The number of aliphatic hydroxyl groups is 6. The summed E-state index contributed by atoms with van der Waals surface area (Å²) in [6, 6.07) is 0.790. The number of fused-ring (bicyclic) bond motifs is 14. The Bertz CT molecular complexity index is 4600. The number of aromatic hydroxyl groups is 3. The number of carboxylic acid groups (broad SMARTS) is 1. The highest BCUT2D eigenvalue weighted by atomic mass is 35.5. The van der Waals surface area contributed by atoms with Gasteiger partial charge in [-0.25, -0.2) is 4.79 Å². The molecule has 24 N–H and O–H groups in total. The number of halogens is 1. The third kappa shape index (κ3) is 21.0. The number of nitrogens with one attached hydrogen (secondary N) is 8. The predicted octanol–water partition coefficient (Wildman–Crippen LogP) is 2.53. The van der Waals surface area contributed by atoms with Gasteiger partial charge in [0.15, 0.2) is 36.2 Å². The van der Waals surface area contributed by atoms with Crippen LogP contribution in [0, 0.1) is 5.92 Å². The summed E-state index contributed by atoms with van der Waals surface area (Å²) >= 11 is 7.20. The maximum Gasteiger partial charge on any atom is 0.330 e. The van der Waals surface area contributed by atoms with E-state index in [1.165, 1.54) is 83.3 Å². The molecule has 22 atom stereocenters. The van der Waals surface area contributed by atoms with Gasteiger partial charge in [-0.1, -0.05) is 101 Å². The van der Waals surface area contributed by atoms with Gasteiger partial charge in [-0.2, -0.15) is 0 Å². The summed E-state index contributed by atoms with van der Waals surface area (Å²) in [6.45, 7) is 10.8. The first-order valence-corrected chi connectivity index (χ1v) is 40.8. The number of nitrogens with two attached hydrogens (primary N) is 3. The molecule has 9 bridgehead atoms. The number of phenolic OH excluding ortho intramolecular Hbond substituents is 3. The molecule has 121 heavy (non-hydrogen) atoms. The van der Waals surface area contributed by atoms with E-state index < -0.39 is 256 Å². The quantitative estimate of drug-likeness (QED) is 0.0373. The van der Waals surface area contributed by atoms with E-state index in [-0.39, 0.29) is 64.9 Å². The second-order valence-electron chi connectivity index (χ2n) is 32.7. The minimum atomic E-state index is -2.41. The number of aliphatic carboxylic acids is 1. The fourth-order valence-corrected chi connectivity index (χ4v) is 16.2. The van der Waals surface area contributed by atoms with Crippen molar-refractivity contribution in [1.29, 1.82) is 0 Å². The zero-order valence-electron chi connectivity index (χ0n) is 68.1. The summed E-state index contributed by atoms with van der Waals surface area (Å²) < 4.78 is 52.2. The Morgan fingerprint density at radius 2 is 1.29 bits per heavy atom. The molecule has 8 heterocycles. The highest BCUT2D eigenvalue weighted by molar-refractivity contribution is 6.32. The van der Waals surface area contributed by atoms with E-state index >= 15 is 24.0 Å². The van der Waals surface area contributed by atoms with Gasteiger partial charge in [0.25, 0.3) is 0 Å². The van der Waals surface area contributed by atoms with Crippen molar-refractivity contribution in [3.05, 3.63) is 117 Å². The molecular formula is C83H110ClN11O26. The molecule has 38 heteroatoms. The average molecular weight is 1710 g/mol. The van der Waals surface area contributed by atoms with Crippen LogP contribution in [-0.2, 0) is 68.6 Å². The van der Waals surface area contributed by atoms with Crippen LogP contribution in [0.5, 0.6) is 46.0 Å². The third-order valence-corrected chi connectivity index (χ3v) is 22.9. The van der Waals surface area contributed by atoms with Crippen LogP contribution in [0.3, 0.4) is 0 Å². The summed E-state index contributed by atoms with van der Waals surface area (Å²) in [5.41, 5.74) is 13.0. The van der Waals surface area contributed by atoms with Gasteiger partial charge in [0.2, 0.25) is 53.4 Å². The lowest BCUT2D eigenvalue weighted by Crippen LogP contribution is -2.64. The van der Waals surface area contributed by atoms with Crippen molar-refractivity contribution in [2.45, 2.75) is 259 Å². The summed E-state index contributed by atoms with van der Waals surface area (Å²) in [5, 5.41) is 139. The number of primary amides is 1. The normalized spacial score (nSPS) is 30.4. The second kappa shape index (κ2) is 39.3. The van der Waals surface area contributed by atoms with Gasteiger partial charge in [0, 0.05) is 47.2 Å². The number of ether oxygens (including phenoxy) is 8. The van der Waals surface area contributed by atoms with Crippen LogP contribution in [0.25, 0.3) is 11.1 Å². The third-order valence-electron chi connectivity index (χ3n) is 22.6. The number of carbonyl (C=O) groups excluding carboxylic acids is 7. The van der Waals surface area contributed by atoms with E-state index in [4.69, 9.17) is 66.7 Å². The molecule has 13 rings (SSSR count). The van der Waals surface area contributed by atoms with E-state index in [9.17, 15) is 65.4 Å². The number of hydrogen-bond donors (Lipinski definition) is 21. The Morgan fingerprint density at radius 1 is 0.669 bits per heavy atom. The van der Waals surface area contributed by atoms with Crippen LogP contribution in [-0.4, -0.2) is 222 Å². The van der Waals surface area contributed by atoms with Crippen molar-refractivity contribution in [2.24, 2.45) is 23.1 Å². The summed E-state index contributed by atoms with van der Waals surface area (Å²) in [6.07, 6.45) is -16.0. The monoisotopic (exact) mass is 1710 g/mol. The Morgan fingerprint density at radius 3 is 1.90 bits per heavy atom. The number of aliphatic hydroxyl groups excluding tert-OH is 6. The van der Waals surface area contributed by atoms with Crippen molar-refractivity contribution in [1.82, 2.24) is 42.5 Å². The summed E-state index contributed by atoms with van der Waals surface area (Å²) in [5.74, 6) is -15.8. The molecule has 0 aliphatic carbocycles. The van der Waals surface area contributed by atoms with Gasteiger partial charge in [-0.3, -0.25) is 33.6 Å². The minimum Gasteiger partial charge on any atom is -0.507 e. The second-order valence-corrected chi connectivity index (χ2v) is 33.1. The molecule has 0 radical (unpaired) electrons. The van der Waals surface area contributed by atoms with Crippen LogP contribution in [0.15, 0.2) is 78.9 Å². The highest BCUT2D eigenvalue weighted by Gasteiger charge is 2.53. The predicted molar refractivity (Wildman–Crippen MR) is 430 cm³/mol. The molecule has 8 aliphatic rings. The van der Waals surface area contributed by atoms with Crippen LogP contribution in [0.4, 0.5) is 0 Å². The molecule has 22 unspecified atom stereocenters. The molecule has 8 aliphatic heterocycles. The Kier molecular flexibility index (Phi) is 29.9. The summed E-state index contributed by atoms with van der Waals surface area (Å²) in [4.78, 5) is 122. The Labute approximate surface area is 702 Å². The zero-order chi connectivity index (χ0) is 88.0. The number of hydrogen-bond acceptors (Lipinski definition) is 29. The van der Waals surface area contributed by atoms with Gasteiger partial charge < -0.3 is 149 Å². The first-order valence-electron chi connectivity index (χ1n) is 40.4. The number of carbonyl (C=O) groups is 8. The fraction of sp³-hybridized carbons (Fsp3) is 0.542. The fourth-order valence-electron chi connectivity index (χ4n) is 16.0. The van der Waals surface area contributed by atoms with Crippen LogP contribution in [0.2, 0.25) is 5.02 Å². The number of rotatable bonds is 25. The molecule has 5 aromatic rings. The van der Waals surface area contributed by atoms with E-state index in [0.717, 1.165) is 68.9 Å². The van der Waals surface area contributed by atoms with E-state index in [1.54, 1.807) is 0 Å². The van der Waals surface area contributed by atoms with Crippen LogP contribution in [0.1, 0.15) is 183 Å². The Balaban J connectivity index is 1.18. The molecule has 5 aromatic carbocycles. The minimum absolute atomic E-state index is 0.0442. The van der Waals surface area contributed by atoms with E-state index in [1.807, 2.05) is 13.8 Å².